The molecule has 24 heavy (non-hydrogen) atoms. The van der Waals surface area contributed by atoms with Crippen LogP contribution < -0.4 is 4.74 Å². The van der Waals surface area contributed by atoms with Crippen molar-refractivity contribution in [2.24, 2.45) is 0 Å². The van der Waals surface area contributed by atoms with Crippen molar-refractivity contribution in [2.75, 3.05) is 0 Å². The number of benzene rings is 2. The molecule has 0 fully saturated rings. The second-order valence-electron chi connectivity index (χ2n) is 4.61. The molecular formula is C16H11F2NO5. The standard InChI is InChI=1S/C16H11F2NO5/c17-16(18)24-12-5-3-11(4-6-12)14(20)7-1-10-2-8-15(21)13(9-10)19(22)23/h1-9,16,21H/b7-1+. The summed E-state index contributed by atoms with van der Waals surface area (Å²) < 4.78 is 28.3. The lowest BCUT2D eigenvalue weighted by atomic mass is 10.1. The van der Waals surface area contributed by atoms with E-state index in [-0.39, 0.29) is 11.3 Å². The molecule has 0 aliphatic heterocycles. The molecule has 124 valence electrons. The highest BCUT2D eigenvalue weighted by Crippen LogP contribution is 2.26. The zero-order valence-corrected chi connectivity index (χ0v) is 12.1. The fraction of sp³-hybridized carbons (Fsp3) is 0.0625. The van der Waals surface area contributed by atoms with E-state index in [1.807, 2.05) is 0 Å². The summed E-state index contributed by atoms with van der Waals surface area (Å²) in [7, 11) is 0. The van der Waals surface area contributed by atoms with E-state index in [2.05, 4.69) is 4.74 Å². The number of hydrogen-bond donors (Lipinski definition) is 1. The molecule has 0 bridgehead atoms. The Morgan fingerprint density at radius 3 is 2.46 bits per heavy atom. The summed E-state index contributed by atoms with van der Waals surface area (Å²) in [6, 6.07) is 8.80. The highest BCUT2D eigenvalue weighted by Gasteiger charge is 2.12. The highest BCUT2D eigenvalue weighted by molar-refractivity contribution is 6.06. The fourth-order valence-electron chi connectivity index (χ4n) is 1.86. The van der Waals surface area contributed by atoms with Crippen molar-refractivity contribution in [1.29, 1.82) is 0 Å². The van der Waals surface area contributed by atoms with Crippen molar-refractivity contribution in [3.63, 3.8) is 0 Å². The van der Waals surface area contributed by atoms with Crippen molar-refractivity contribution in [1.82, 2.24) is 0 Å². The van der Waals surface area contributed by atoms with Crippen molar-refractivity contribution < 1.29 is 28.3 Å². The molecule has 0 aliphatic rings. The minimum Gasteiger partial charge on any atom is -0.502 e. The third-order valence-corrected chi connectivity index (χ3v) is 2.99. The number of ketones is 1. The van der Waals surface area contributed by atoms with E-state index in [4.69, 9.17) is 0 Å². The van der Waals surface area contributed by atoms with E-state index >= 15 is 0 Å². The molecule has 0 atom stereocenters. The van der Waals surface area contributed by atoms with E-state index in [9.17, 15) is 28.8 Å². The zero-order chi connectivity index (χ0) is 17.7. The van der Waals surface area contributed by atoms with Gasteiger partial charge in [-0.3, -0.25) is 14.9 Å². The van der Waals surface area contributed by atoms with Gasteiger partial charge in [-0.05, 0) is 42.0 Å². The summed E-state index contributed by atoms with van der Waals surface area (Å²) in [4.78, 5) is 22.0. The first-order valence-electron chi connectivity index (χ1n) is 6.61. The zero-order valence-electron chi connectivity index (χ0n) is 12.1. The molecule has 0 heterocycles. The Labute approximate surface area is 134 Å². The average Bonchev–Trinajstić information content (AvgIpc) is 2.53. The molecule has 8 heteroatoms. The Kier molecular flexibility index (Phi) is 5.20. The van der Waals surface area contributed by atoms with Gasteiger partial charge in [-0.2, -0.15) is 8.78 Å². The van der Waals surface area contributed by atoms with Crippen molar-refractivity contribution in [3.8, 4) is 11.5 Å². The van der Waals surface area contributed by atoms with Crippen LogP contribution in [-0.4, -0.2) is 22.4 Å². The van der Waals surface area contributed by atoms with Gasteiger partial charge >= 0.3 is 12.3 Å². The number of rotatable bonds is 6. The van der Waals surface area contributed by atoms with Crippen molar-refractivity contribution in [3.05, 3.63) is 69.8 Å². The van der Waals surface area contributed by atoms with Crippen molar-refractivity contribution >= 4 is 17.5 Å². The molecule has 6 nitrogen and oxygen atoms in total. The Bertz CT molecular complexity index is 788. The molecule has 0 unspecified atom stereocenters. The average molecular weight is 335 g/mol. The summed E-state index contributed by atoms with van der Waals surface area (Å²) in [5.74, 6) is -0.966. The van der Waals surface area contributed by atoms with Crippen LogP contribution in [0.4, 0.5) is 14.5 Å². The van der Waals surface area contributed by atoms with Gasteiger partial charge in [0, 0.05) is 11.6 Å². The largest absolute Gasteiger partial charge is 0.502 e. The molecule has 0 aliphatic carbocycles. The number of carbonyl (C=O) groups is 1. The first kappa shape index (κ1) is 17.1. The predicted molar refractivity (Wildman–Crippen MR) is 81.2 cm³/mol. The molecule has 1 N–H and O–H groups in total. The van der Waals surface area contributed by atoms with Crippen LogP contribution in [0.1, 0.15) is 15.9 Å². The number of nitro groups is 1. The number of alkyl halides is 2. The number of phenols is 1. The number of hydrogen-bond acceptors (Lipinski definition) is 5. The first-order chi connectivity index (χ1) is 11.4. The number of allylic oxidation sites excluding steroid dienone is 1. The maximum absolute atomic E-state index is 12.0. The Balaban J connectivity index is 2.13. The lowest BCUT2D eigenvalue weighted by molar-refractivity contribution is -0.385. The molecule has 0 saturated heterocycles. The van der Waals surface area contributed by atoms with Crippen LogP contribution in [-0.2, 0) is 0 Å². The van der Waals surface area contributed by atoms with Crippen LogP contribution in [0.3, 0.4) is 0 Å². The quantitative estimate of drug-likeness (QED) is 0.375. The van der Waals surface area contributed by atoms with Crippen LogP contribution in [0.5, 0.6) is 11.5 Å². The molecular weight excluding hydrogens is 324 g/mol. The van der Waals surface area contributed by atoms with Crippen LogP contribution in [0.2, 0.25) is 0 Å². The Morgan fingerprint density at radius 1 is 1.21 bits per heavy atom. The van der Waals surface area contributed by atoms with Gasteiger partial charge in [0.25, 0.3) is 0 Å². The molecule has 0 spiro atoms. The molecule has 2 rings (SSSR count). The summed E-state index contributed by atoms with van der Waals surface area (Å²) in [6.45, 7) is -2.95. The van der Waals surface area contributed by atoms with E-state index in [1.54, 1.807) is 0 Å². The highest BCUT2D eigenvalue weighted by atomic mass is 19.3. The summed E-state index contributed by atoms with van der Waals surface area (Å²) in [6.07, 6.45) is 2.53. The minimum atomic E-state index is -2.95. The third kappa shape index (κ3) is 4.35. The number of aromatic hydroxyl groups is 1. The second-order valence-corrected chi connectivity index (χ2v) is 4.61. The van der Waals surface area contributed by atoms with Gasteiger partial charge in [0.15, 0.2) is 11.5 Å². The summed E-state index contributed by atoms with van der Waals surface area (Å²) >= 11 is 0. The minimum absolute atomic E-state index is 0.0697. The summed E-state index contributed by atoms with van der Waals surface area (Å²) in [5.41, 5.74) is 0.116. The van der Waals surface area contributed by atoms with E-state index < -0.39 is 28.8 Å². The fourth-order valence-corrected chi connectivity index (χ4v) is 1.86. The van der Waals surface area contributed by atoms with Gasteiger partial charge in [0.1, 0.15) is 5.75 Å². The van der Waals surface area contributed by atoms with Crippen LogP contribution in [0.25, 0.3) is 6.08 Å². The Hall–Kier alpha value is -3.29. The maximum Gasteiger partial charge on any atom is 0.387 e. The number of halogens is 2. The molecule has 2 aromatic carbocycles. The maximum atomic E-state index is 12.0. The SMILES string of the molecule is O=C(/C=C/c1ccc(O)c([N+](=O)[O-])c1)c1ccc(OC(F)F)cc1. The van der Waals surface area contributed by atoms with Gasteiger partial charge in [-0.15, -0.1) is 0 Å². The van der Waals surface area contributed by atoms with Gasteiger partial charge in [0.05, 0.1) is 4.92 Å². The van der Waals surface area contributed by atoms with Crippen LogP contribution in [0.15, 0.2) is 48.5 Å². The normalized spacial score (nSPS) is 11.0. The van der Waals surface area contributed by atoms with Crippen molar-refractivity contribution in [2.45, 2.75) is 6.61 Å². The number of ether oxygens (including phenoxy) is 1. The Morgan fingerprint density at radius 2 is 1.88 bits per heavy atom. The second kappa shape index (κ2) is 7.32. The lowest BCUT2D eigenvalue weighted by Crippen LogP contribution is -2.02. The molecule has 2 aromatic rings. The molecule has 0 aromatic heterocycles. The van der Waals surface area contributed by atoms with Gasteiger partial charge < -0.3 is 9.84 Å². The van der Waals surface area contributed by atoms with E-state index in [1.165, 1.54) is 42.5 Å². The first-order valence-corrected chi connectivity index (χ1v) is 6.61. The smallest absolute Gasteiger partial charge is 0.387 e. The van der Waals surface area contributed by atoms with Gasteiger partial charge in [0.2, 0.25) is 0 Å². The lowest BCUT2D eigenvalue weighted by Gasteiger charge is -2.04. The number of nitro benzene ring substituents is 1. The van der Waals surface area contributed by atoms with Crippen LogP contribution in [0, 0.1) is 10.1 Å². The van der Waals surface area contributed by atoms with Crippen LogP contribution >= 0.6 is 0 Å². The third-order valence-electron chi connectivity index (χ3n) is 2.99. The van der Waals surface area contributed by atoms with Gasteiger partial charge in [-0.25, -0.2) is 0 Å². The topological polar surface area (TPSA) is 89.7 Å². The summed E-state index contributed by atoms with van der Waals surface area (Å²) in [5, 5.41) is 20.1. The van der Waals surface area contributed by atoms with E-state index in [0.717, 1.165) is 12.1 Å². The van der Waals surface area contributed by atoms with E-state index in [0.29, 0.717) is 5.56 Å². The molecule has 0 amide bonds. The number of nitrogens with zero attached hydrogens (tertiary/aromatic N) is 1. The van der Waals surface area contributed by atoms with Gasteiger partial charge in [-0.1, -0.05) is 12.1 Å². The molecule has 0 saturated carbocycles. The molecule has 0 radical (unpaired) electrons. The predicted octanol–water partition coefficient (Wildman–Crippen LogP) is 3.80. The number of carbonyl (C=O) groups excluding carboxylic acids is 1. The monoisotopic (exact) mass is 335 g/mol. The number of phenolic OH excluding ortho intramolecular Hbond substituents is 1.